The molecule has 4 nitrogen and oxygen atoms in total. The Bertz CT molecular complexity index is 431. The molecule has 0 bridgehead atoms. The Hall–Kier alpha value is -1.37. The lowest BCUT2D eigenvalue weighted by molar-refractivity contribution is -0.138. The van der Waals surface area contributed by atoms with Crippen molar-refractivity contribution < 1.29 is 13.2 Å². The van der Waals surface area contributed by atoms with Gasteiger partial charge in [0.1, 0.15) is 0 Å². The quantitative estimate of drug-likeness (QED) is 0.827. The number of fused-ring (bicyclic) bond motifs is 1. The lowest BCUT2D eigenvalue weighted by atomic mass is 10.1. The molecule has 18 heavy (non-hydrogen) atoms. The van der Waals surface area contributed by atoms with Gasteiger partial charge in [0.05, 0.1) is 5.56 Å². The summed E-state index contributed by atoms with van der Waals surface area (Å²) in [7, 11) is 0. The number of hydrogen-bond donors (Lipinski definition) is 1. The summed E-state index contributed by atoms with van der Waals surface area (Å²) in [5.74, 6) is 0.402. The highest BCUT2D eigenvalue weighted by atomic mass is 19.4. The van der Waals surface area contributed by atoms with E-state index in [9.17, 15) is 13.2 Å². The molecule has 98 valence electrons. The van der Waals surface area contributed by atoms with E-state index in [4.69, 9.17) is 0 Å². The zero-order valence-corrected chi connectivity index (χ0v) is 9.61. The highest BCUT2D eigenvalue weighted by Gasteiger charge is 2.39. The van der Waals surface area contributed by atoms with Crippen LogP contribution < -0.4 is 10.2 Å². The maximum Gasteiger partial charge on any atom is 0.419 e. The lowest BCUT2D eigenvalue weighted by Gasteiger charge is -2.23. The van der Waals surface area contributed by atoms with E-state index in [2.05, 4.69) is 15.3 Å². The molecule has 3 heterocycles. The Morgan fingerprint density at radius 3 is 2.61 bits per heavy atom. The molecule has 1 aromatic heterocycles. The van der Waals surface area contributed by atoms with Crippen molar-refractivity contribution in [1.82, 2.24) is 15.3 Å². The second kappa shape index (κ2) is 4.08. The average Bonchev–Trinajstić information content (AvgIpc) is 2.89. The van der Waals surface area contributed by atoms with Gasteiger partial charge in [-0.15, -0.1) is 0 Å². The van der Waals surface area contributed by atoms with Gasteiger partial charge in [-0.2, -0.15) is 13.2 Å². The largest absolute Gasteiger partial charge is 0.419 e. The molecule has 1 aromatic rings. The van der Waals surface area contributed by atoms with E-state index in [0.29, 0.717) is 18.0 Å². The molecule has 0 saturated carbocycles. The second-order valence-corrected chi connectivity index (χ2v) is 4.67. The Morgan fingerprint density at radius 1 is 1.22 bits per heavy atom. The van der Waals surface area contributed by atoms with Crippen molar-refractivity contribution in [3.8, 4) is 0 Å². The van der Waals surface area contributed by atoms with Crippen LogP contribution in [0.1, 0.15) is 18.4 Å². The van der Waals surface area contributed by atoms with Crippen LogP contribution in [0.5, 0.6) is 0 Å². The molecule has 2 aliphatic heterocycles. The van der Waals surface area contributed by atoms with Crippen molar-refractivity contribution in [3.63, 3.8) is 0 Å². The number of alkyl halides is 3. The van der Waals surface area contributed by atoms with E-state index >= 15 is 0 Å². The average molecular weight is 258 g/mol. The van der Waals surface area contributed by atoms with Crippen LogP contribution in [0.15, 0.2) is 12.4 Å². The van der Waals surface area contributed by atoms with Crippen molar-refractivity contribution in [2.45, 2.75) is 31.1 Å². The first-order chi connectivity index (χ1) is 8.55. The summed E-state index contributed by atoms with van der Waals surface area (Å²) < 4.78 is 37.2. The topological polar surface area (TPSA) is 41.1 Å². The monoisotopic (exact) mass is 258 g/mol. The van der Waals surface area contributed by atoms with Gasteiger partial charge in [0.25, 0.3) is 0 Å². The minimum absolute atomic E-state index is 0.321. The minimum atomic E-state index is -4.37. The summed E-state index contributed by atoms with van der Waals surface area (Å²) in [6.07, 6.45) is -0.666. The van der Waals surface area contributed by atoms with Gasteiger partial charge in [-0.25, -0.2) is 9.97 Å². The van der Waals surface area contributed by atoms with Crippen molar-refractivity contribution in [2.75, 3.05) is 18.0 Å². The number of nitrogens with zero attached hydrogens (tertiary/aromatic N) is 3. The summed E-state index contributed by atoms with van der Waals surface area (Å²) in [4.78, 5) is 9.71. The summed E-state index contributed by atoms with van der Waals surface area (Å²) in [6, 6.07) is 0.748. The van der Waals surface area contributed by atoms with Gasteiger partial charge in [-0.1, -0.05) is 0 Å². The van der Waals surface area contributed by atoms with Crippen LogP contribution in [-0.4, -0.2) is 35.1 Å². The van der Waals surface area contributed by atoms with Crippen molar-refractivity contribution in [3.05, 3.63) is 18.0 Å². The SMILES string of the molecule is FC(F)(F)c1cnc(N2CCC3NCCC32)nc1. The molecule has 2 aliphatic rings. The predicted octanol–water partition coefficient (Wildman–Crippen LogP) is 1.44. The van der Waals surface area contributed by atoms with E-state index < -0.39 is 11.7 Å². The fraction of sp³-hybridized carbons (Fsp3) is 0.636. The Kier molecular flexibility index (Phi) is 2.65. The minimum Gasteiger partial charge on any atom is -0.336 e. The summed E-state index contributed by atoms with van der Waals surface area (Å²) in [5, 5.41) is 3.38. The van der Waals surface area contributed by atoms with Crippen LogP contribution in [0, 0.1) is 0 Å². The van der Waals surface area contributed by atoms with Crippen LogP contribution in [-0.2, 0) is 6.18 Å². The number of anilines is 1. The Balaban J connectivity index is 1.81. The summed E-state index contributed by atoms with van der Waals surface area (Å²) in [5.41, 5.74) is -0.799. The third-order valence-electron chi connectivity index (χ3n) is 3.61. The van der Waals surface area contributed by atoms with E-state index in [0.717, 1.165) is 38.3 Å². The molecule has 0 aromatic carbocycles. The van der Waals surface area contributed by atoms with Crippen LogP contribution in [0.2, 0.25) is 0 Å². The smallest absolute Gasteiger partial charge is 0.336 e. The fourth-order valence-electron chi connectivity index (χ4n) is 2.73. The normalized spacial score (nSPS) is 27.6. The number of rotatable bonds is 1. The van der Waals surface area contributed by atoms with E-state index in [1.54, 1.807) is 0 Å². The first-order valence-electron chi connectivity index (χ1n) is 5.95. The standard InChI is InChI=1S/C11H13F3N4/c12-11(13,14)7-5-16-10(17-6-7)18-4-2-8-9(18)1-3-15-8/h5-6,8-9,15H,1-4H2. The van der Waals surface area contributed by atoms with Gasteiger partial charge in [0.15, 0.2) is 0 Å². The maximum absolute atomic E-state index is 12.4. The Labute approximate surface area is 102 Å². The third kappa shape index (κ3) is 1.92. The van der Waals surface area contributed by atoms with Crippen LogP contribution >= 0.6 is 0 Å². The number of aromatic nitrogens is 2. The van der Waals surface area contributed by atoms with Gasteiger partial charge in [0.2, 0.25) is 5.95 Å². The molecule has 3 rings (SSSR count). The molecule has 2 fully saturated rings. The highest BCUT2D eigenvalue weighted by molar-refractivity contribution is 5.36. The van der Waals surface area contributed by atoms with E-state index in [1.807, 2.05) is 4.90 Å². The number of hydrogen-bond acceptors (Lipinski definition) is 4. The number of nitrogens with one attached hydrogen (secondary N) is 1. The highest BCUT2D eigenvalue weighted by Crippen LogP contribution is 2.31. The molecule has 2 atom stereocenters. The molecule has 0 spiro atoms. The lowest BCUT2D eigenvalue weighted by Crippen LogP contribution is -2.35. The van der Waals surface area contributed by atoms with Gasteiger partial charge in [-0.05, 0) is 19.4 Å². The van der Waals surface area contributed by atoms with E-state index in [-0.39, 0.29) is 0 Å². The fourth-order valence-corrected chi connectivity index (χ4v) is 2.73. The zero-order valence-electron chi connectivity index (χ0n) is 9.61. The molecular weight excluding hydrogens is 245 g/mol. The molecule has 2 saturated heterocycles. The zero-order chi connectivity index (χ0) is 12.8. The van der Waals surface area contributed by atoms with Gasteiger partial charge in [0, 0.05) is 31.0 Å². The Morgan fingerprint density at radius 2 is 1.94 bits per heavy atom. The predicted molar refractivity (Wildman–Crippen MR) is 59.2 cm³/mol. The molecular formula is C11H13F3N4. The van der Waals surface area contributed by atoms with Gasteiger partial charge in [-0.3, -0.25) is 0 Å². The molecule has 2 unspecified atom stereocenters. The van der Waals surface area contributed by atoms with Crippen molar-refractivity contribution in [1.29, 1.82) is 0 Å². The molecule has 0 amide bonds. The first kappa shape index (κ1) is 11.7. The van der Waals surface area contributed by atoms with Crippen LogP contribution in [0.3, 0.4) is 0 Å². The van der Waals surface area contributed by atoms with Crippen LogP contribution in [0.4, 0.5) is 19.1 Å². The maximum atomic E-state index is 12.4. The summed E-state index contributed by atoms with van der Waals surface area (Å²) >= 11 is 0. The second-order valence-electron chi connectivity index (χ2n) is 4.67. The van der Waals surface area contributed by atoms with Gasteiger partial charge < -0.3 is 10.2 Å². The van der Waals surface area contributed by atoms with E-state index in [1.165, 1.54) is 0 Å². The third-order valence-corrected chi connectivity index (χ3v) is 3.61. The van der Waals surface area contributed by atoms with Crippen molar-refractivity contribution >= 4 is 5.95 Å². The number of halogens is 3. The molecule has 0 aliphatic carbocycles. The molecule has 0 radical (unpaired) electrons. The van der Waals surface area contributed by atoms with Crippen LogP contribution in [0.25, 0.3) is 0 Å². The van der Waals surface area contributed by atoms with Gasteiger partial charge >= 0.3 is 6.18 Å². The summed E-state index contributed by atoms with van der Waals surface area (Å²) in [6.45, 7) is 1.75. The molecule has 1 N–H and O–H groups in total. The van der Waals surface area contributed by atoms with Crippen molar-refractivity contribution in [2.24, 2.45) is 0 Å². The first-order valence-corrected chi connectivity index (χ1v) is 5.95. The molecule has 7 heteroatoms.